The van der Waals surface area contributed by atoms with Gasteiger partial charge in [-0.05, 0) is 45.1 Å². The maximum atomic E-state index is 12.5. The fourth-order valence-electron chi connectivity index (χ4n) is 1.65. The molecule has 0 saturated heterocycles. The van der Waals surface area contributed by atoms with Crippen LogP contribution in [0.15, 0.2) is 17.5 Å². The molecule has 3 N–H and O–H groups in total. The van der Waals surface area contributed by atoms with E-state index in [1.807, 2.05) is 39.1 Å². The van der Waals surface area contributed by atoms with Crippen LogP contribution in [0.4, 0.5) is 0 Å². The molecule has 0 aliphatic rings. The molecule has 1 atom stereocenters. The number of thiophene rings is 1. The van der Waals surface area contributed by atoms with Crippen LogP contribution in [0.5, 0.6) is 0 Å². The van der Waals surface area contributed by atoms with Crippen LogP contribution in [-0.2, 0) is 4.79 Å². The largest absolute Gasteiger partial charge is 0.348 e. The van der Waals surface area contributed by atoms with Crippen LogP contribution in [0.1, 0.15) is 52.5 Å². The van der Waals surface area contributed by atoms with E-state index < -0.39 is 11.0 Å². The number of rotatable bonds is 5. The van der Waals surface area contributed by atoms with Crippen LogP contribution in [-0.4, -0.2) is 11.4 Å². The summed E-state index contributed by atoms with van der Waals surface area (Å²) in [6.07, 6.45) is 0. The first-order valence-electron chi connectivity index (χ1n) is 6.70. The average molecular weight is 282 g/mol. The van der Waals surface area contributed by atoms with Crippen molar-refractivity contribution < 1.29 is 4.79 Å². The number of amides is 1. The van der Waals surface area contributed by atoms with Crippen molar-refractivity contribution in [3.8, 4) is 0 Å². The van der Waals surface area contributed by atoms with Crippen LogP contribution >= 0.6 is 11.3 Å². The third-order valence-corrected chi connectivity index (χ3v) is 4.94. The Bertz CT molecular complexity index is 416. The second-order valence-electron chi connectivity index (χ2n) is 6.56. The van der Waals surface area contributed by atoms with Gasteiger partial charge < -0.3 is 11.1 Å². The highest BCUT2D eigenvalue weighted by Gasteiger charge is 2.41. The van der Waals surface area contributed by atoms with Crippen molar-refractivity contribution in [2.75, 3.05) is 0 Å². The molecule has 0 bridgehead atoms. The van der Waals surface area contributed by atoms with Crippen molar-refractivity contribution in [2.24, 2.45) is 17.1 Å². The summed E-state index contributed by atoms with van der Waals surface area (Å²) in [6.45, 7) is 11.8. The summed E-state index contributed by atoms with van der Waals surface area (Å²) >= 11 is 1.67. The van der Waals surface area contributed by atoms with Crippen molar-refractivity contribution in [3.05, 3.63) is 22.4 Å². The minimum absolute atomic E-state index is 0.00657. The Morgan fingerprint density at radius 2 is 1.89 bits per heavy atom. The highest BCUT2D eigenvalue weighted by atomic mass is 32.1. The predicted octanol–water partition coefficient (Wildman–Crippen LogP) is 3.32. The van der Waals surface area contributed by atoms with Crippen molar-refractivity contribution >= 4 is 17.2 Å². The second kappa shape index (κ2) is 5.63. The summed E-state index contributed by atoms with van der Waals surface area (Å²) in [7, 11) is 0. The van der Waals surface area contributed by atoms with E-state index >= 15 is 0 Å². The van der Waals surface area contributed by atoms with Gasteiger partial charge in [-0.1, -0.05) is 19.9 Å². The summed E-state index contributed by atoms with van der Waals surface area (Å²) in [5, 5.41) is 5.19. The number of carbonyl (C=O) groups is 1. The third-order valence-electron chi connectivity index (χ3n) is 3.98. The first-order valence-corrected chi connectivity index (χ1v) is 7.58. The smallest absolute Gasteiger partial charge is 0.228 e. The van der Waals surface area contributed by atoms with Gasteiger partial charge >= 0.3 is 0 Å². The molecule has 3 nitrogen and oxygen atoms in total. The van der Waals surface area contributed by atoms with Crippen molar-refractivity contribution in [2.45, 2.75) is 53.1 Å². The molecule has 0 fully saturated rings. The Balaban J connectivity index is 2.90. The van der Waals surface area contributed by atoms with E-state index in [9.17, 15) is 4.79 Å². The number of nitrogens with one attached hydrogen (secondary N) is 1. The first-order chi connectivity index (χ1) is 8.57. The molecular weight excluding hydrogens is 256 g/mol. The van der Waals surface area contributed by atoms with E-state index in [2.05, 4.69) is 25.2 Å². The Kier molecular flexibility index (Phi) is 4.80. The fraction of sp³-hybridized carbons (Fsp3) is 0.667. The molecule has 108 valence electrons. The Labute approximate surface area is 120 Å². The lowest BCUT2D eigenvalue weighted by atomic mass is 9.74. The molecule has 0 aliphatic heterocycles. The summed E-state index contributed by atoms with van der Waals surface area (Å²) < 4.78 is 0. The Hall–Kier alpha value is -0.870. The van der Waals surface area contributed by atoms with E-state index in [1.165, 1.54) is 4.88 Å². The zero-order valence-corrected chi connectivity index (χ0v) is 13.6. The lowest BCUT2D eigenvalue weighted by Crippen LogP contribution is -2.56. The van der Waals surface area contributed by atoms with Gasteiger partial charge in [-0.2, -0.15) is 0 Å². The van der Waals surface area contributed by atoms with Crippen LogP contribution in [0, 0.1) is 11.3 Å². The van der Waals surface area contributed by atoms with E-state index in [4.69, 9.17) is 5.73 Å². The maximum absolute atomic E-state index is 12.5. The monoisotopic (exact) mass is 282 g/mol. The minimum Gasteiger partial charge on any atom is -0.348 e. The van der Waals surface area contributed by atoms with Crippen LogP contribution in [0.3, 0.4) is 0 Å². The Morgan fingerprint density at radius 1 is 1.32 bits per heavy atom. The van der Waals surface area contributed by atoms with E-state index in [0.717, 1.165) is 0 Å². The van der Waals surface area contributed by atoms with E-state index in [1.54, 1.807) is 11.3 Å². The molecule has 4 heteroatoms. The molecule has 19 heavy (non-hydrogen) atoms. The summed E-state index contributed by atoms with van der Waals surface area (Å²) in [6, 6.07) is 4.13. The fourth-order valence-corrected chi connectivity index (χ4v) is 2.60. The van der Waals surface area contributed by atoms with Gasteiger partial charge in [-0.3, -0.25) is 4.79 Å². The van der Waals surface area contributed by atoms with Gasteiger partial charge in [0.25, 0.3) is 0 Å². The topological polar surface area (TPSA) is 55.1 Å². The molecule has 0 aromatic carbocycles. The van der Waals surface area contributed by atoms with Crippen molar-refractivity contribution in [3.63, 3.8) is 0 Å². The highest BCUT2D eigenvalue weighted by molar-refractivity contribution is 7.10. The van der Waals surface area contributed by atoms with Gasteiger partial charge in [-0.25, -0.2) is 0 Å². The zero-order valence-electron chi connectivity index (χ0n) is 12.8. The average Bonchev–Trinajstić information content (AvgIpc) is 2.76. The van der Waals surface area contributed by atoms with Gasteiger partial charge in [-0.15, -0.1) is 11.3 Å². The SMILES string of the molecule is CC(C)C(NC(=O)C(C)(C)C(C)(C)N)c1cccs1. The number of hydrogen-bond donors (Lipinski definition) is 2. The first kappa shape index (κ1) is 16.2. The van der Waals surface area contributed by atoms with Crippen molar-refractivity contribution in [1.82, 2.24) is 5.32 Å². The van der Waals surface area contributed by atoms with Gasteiger partial charge in [0.2, 0.25) is 5.91 Å². The summed E-state index contributed by atoms with van der Waals surface area (Å²) in [5.41, 5.74) is 4.95. The number of nitrogens with two attached hydrogens (primary N) is 1. The minimum atomic E-state index is -0.614. The molecule has 1 amide bonds. The molecular formula is C15H26N2OS. The molecule has 1 unspecified atom stereocenters. The molecule has 1 aromatic rings. The van der Waals surface area contributed by atoms with E-state index in [0.29, 0.717) is 5.92 Å². The summed E-state index contributed by atoms with van der Waals surface area (Å²) in [4.78, 5) is 13.7. The maximum Gasteiger partial charge on any atom is 0.228 e. The van der Waals surface area contributed by atoms with Gasteiger partial charge in [0.05, 0.1) is 11.5 Å². The molecule has 0 spiro atoms. The molecule has 1 heterocycles. The van der Waals surface area contributed by atoms with Gasteiger partial charge in [0, 0.05) is 10.4 Å². The van der Waals surface area contributed by atoms with Crippen LogP contribution in [0.25, 0.3) is 0 Å². The second-order valence-corrected chi connectivity index (χ2v) is 7.54. The van der Waals surface area contributed by atoms with Crippen LogP contribution in [0.2, 0.25) is 0 Å². The number of carbonyl (C=O) groups excluding carboxylic acids is 1. The highest BCUT2D eigenvalue weighted by Crippen LogP contribution is 2.32. The summed E-state index contributed by atoms with van der Waals surface area (Å²) in [5.74, 6) is 0.353. The predicted molar refractivity (Wildman–Crippen MR) is 82.1 cm³/mol. The van der Waals surface area contributed by atoms with E-state index in [-0.39, 0.29) is 11.9 Å². The lowest BCUT2D eigenvalue weighted by Gasteiger charge is -2.38. The van der Waals surface area contributed by atoms with Crippen LogP contribution < -0.4 is 11.1 Å². The zero-order chi connectivity index (χ0) is 14.8. The molecule has 1 rings (SSSR count). The number of hydrogen-bond acceptors (Lipinski definition) is 3. The van der Waals surface area contributed by atoms with Crippen molar-refractivity contribution in [1.29, 1.82) is 0 Å². The normalized spacial score (nSPS) is 14.5. The molecule has 1 aromatic heterocycles. The lowest BCUT2D eigenvalue weighted by molar-refractivity contribution is -0.133. The van der Waals surface area contributed by atoms with Gasteiger partial charge in [0.1, 0.15) is 0 Å². The standard InChI is InChI=1S/C15H26N2OS/c1-10(2)12(11-8-7-9-19-11)17-13(18)14(3,4)15(5,6)16/h7-10,12H,16H2,1-6H3,(H,17,18). The quantitative estimate of drug-likeness (QED) is 0.870. The third kappa shape index (κ3) is 3.57. The molecule has 0 radical (unpaired) electrons. The Morgan fingerprint density at radius 3 is 2.26 bits per heavy atom. The van der Waals surface area contributed by atoms with Gasteiger partial charge in [0.15, 0.2) is 0 Å². The molecule has 0 saturated carbocycles. The molecule has 0 aliphatic carbocycles.